The van der Waals surface area contributed by atoms with E-state index in [0.717, 1.165) is 0 Å². The van der Waals surface area contributed by atoms with E-state index < -0.39 is 0 Å². The average Bonchev–Trinajstić information content (AvgIpc) is 2.56. The molecule has 0 radical (unpaired) electrons. The van der Waals surface area contributed by atoms with Gasteiger partial charge >= 0.3 is 18.9 Å². The molecule has 2 aromatic carbocycles. The molecule has 62 valence electrons. The van der Waals surface area contributed by atoms with E-state index in [1.807, 2.05) is 12.1 Å². The second kappa shape index (κ2) is 3.79. The van der Waals surface area contributed by atoms with Crippen LogP contribution >= 0.6 is 11.3 Å². The average molecular weight is 190 g/mol. The number of hydrogen-bond acceptors (Lipinski definition) is 1. The summed E-state index contributed by atoms with van der Waals surface area (Å²) in [5.41, 5.74) is 0. The van der Waals surface area contributed by atoms with Gasteiger partial charge in [0, 0.05) is 4.70 Å². The van der Waals surface area contributed by atoms with Gasteiger partial charge in [-0.3, -0.25) is 0 Å². The summed E-state index contributed by atoms with van der Waals surface area (Å²) in [5.74, 6) is 0. The molecule has 0 aliphatic carbocycles. The maximum Gasteiger partial charge on any atom is 1.00 e. The second-order valence-electron chi connectivity index (χ2n) is 3.01. The molecule has 1 heterocycles. The maximum absolute atomic E-state index is 3.26. The first-order valence-corrected chi connectivity index (χ1v) is 5.05. The van der Waals surface area contributed by atoms with Crippen LogP contribution in [-0.4, -0.2) is 0 Å². The fourth-order valence-electron chi connectivity index (χ4n) is 1.61. The van der Waals surface area contributed by atoms with Crippen LogP contribution in [0.2, 0.25) is 0 Å². The van der Waals surface area contributed by atoms with Gasteiger partial charge in [0.2, 0.25) is 0 Å². The minimum atomic E-state index is 0. The van der Waals surface area contributed by atoms with Crippen molar-refractivity contribution in [3.8, 4) is 0 Å². The van der Waals surface area contributed by atoms with Gasteiger partial charge in [0.05, 0.1) is 0 Å². The van der Waals surface area contributed by atoms with Crippen LogP contribution in [0.5, 0.6) is 0 Å². The summed E-state index contributed by atoms with van der Waals surface area (Å²) in [6, 6.07) is 17.9. The summed E-state index contributed by atoms with van der Waals surface area (Å²) in [6.45, 7) is 0. The monoisotopic (exact) mass is 190 g/mol. The Morgan fingerprint density at radius 1 is 0.929 bits per heavy atom. The zero-order valence-corrected chi connectivity index (χ0v) is 8.77. The van der Waals surface area contributed by atoms with Crippen LogP contribution in [0, 0.1) is 6.07 Å². The molecule has 0 bridgehead atoms. The van der Waals surface area contributed by atoms with Crippen LogP contribution in [0.3, 0.4) is 0 Å². The van der Waals surface area contributed by atoms with Crippen LogP contribution in [0.25, 0.3) is 20.2 Å². The van der Waals surface area contributed by atoms with Gasteiger partial charge in [-0.15, -0.1) is 5.39 Å². The molecule has 0 aliphatic heterocycles. The minimum Gasteiger partial charge on any atom is -0.176 e. The van der Waals surface area contributed by atoms with Crippen molar-refractivity contribution < 1.29 is 18.9 Å². The van der Waals surface area contributed by atoms with E-state index in [0.29, 0.717) is 0 Å². The number of hydrogen-bond donors (Lipinski definition) is 0. The predicted octanol–water partition coefficient (Wildman–Crippen LogP) is 0.859. The van der Waals surface area contributed by atoms with E-state index in [9.17, 15) is 0 Å². The van der Waals surface area contributed by atoms with Crippen LogP contribution in [0.1, 0.15) is 0 Å². The third-order valence-electron chi connectivity index (χ3n) is 2.21. The smallest absolute Gasteiger partial charge is 0.176 e. The largest absolute Gasteiger partial charge is 1.00 e. The molecule has 0 unspecified atom stereocenters. The molecule has 0 fully saturated rings. The third-order valence-corrected chi connectivity index (χ3v) is 3.33. The van der Waals surface area contributed by atoms with Crippen molar-refractivity contribution >= 4 is 31.5 Å². The van der Waals surface area contributed by atoms with Crippen LogP contribution < -0.4 is 18.9 Å². The number of fused-ring (bicyclic) bond motifs is 3. The molecule has 0 saturated heterocycles. The molecule has 0 spiro atoms. The second-order valence-corrected chi connectivity index (χ2v) is 4.06. The molecule has 3 rings (SSSR count). The summed E-state index contributed by atoms with van der Waals surface area (Å²) in [5, 5.41) is 2.67. The van der Waals surface area contributed by atoms with Gasteiger partial charge in [-0.2, -0.15) is 35.6 Å². The fourth-order valence-corrected chi connectivity index (χ4v) is 2.68. The Morgan fingerprint density at radius 3 is 2.64 bits per heavy atom. The van der Waals surface area contributed by atoms with E-state index in [-0.39, 0.29) is 18.9 Å². The Bertz CT molecular complexity index is 518. The Balaban J connectivity index is 0.000000750. The molecule has 0 atom stereocenters. The quantitative estimate of drug-likeness (QED) is 0.364. The molecule has 0 amide bonds. The van der Waals surface area contributed by atoms with E-state index in [4.69, 9.17) is 0 Å². The zero-order valence-electron chi connectivity index (χ0n) is 7.95. The maximum atomic E-state index is 3.26. The molecule has 0 saturated carbocycles. The molecule has 2 heteroatoms. The molecular weight excluding hydrogens is 183 g/mol. The number of benzene rings is 2. The summed E-state index contributed by atoms with van der Waals surface area (Å²) in [6.07, 6.45) is 0. The molecule has 0 aliphatic rings. The van der Waals surface area contributed by atoms with Crippen molar-refractivity contribution in [1.82, 2.24) is 0 Å². The molecule has 14 heavy (non-hydrogen) atoms. The van der Waals surface area contributed by atoms with Crippen molar-refractivity contribution in [2.75, 3.05) is 0 Å². The molecular formula is C12H7LiS. The van der Waals surface area contributed by atoms with Crippen LogP contribution in [0.15, 0.2) is 42.5 Å². The van der Waals surface area contributed by atoms with Gasteiger partial charge in [-0.25, -0.2) is 0 Å². The SMILES string of the molecule is [Li+].[c-]1cccc2c1sc1ccccc12. The van der Waals surface area contributed by atoms with E-state index in [1.54, 1.807) is 11.3 Å². The first-order valence-electron chi connectivity index (χ1n) is 4.23. The van der Waals surface area contributed by atoms with Crippen molar-refractivity contribution in [2.45, 2.75) is 0 Å². The standard InChI is InChI=1S/C12H7S.Li/c1-3-7-11-9(5-1)10-6-2-4-8-12(10)13-11;/h1-7H;/q-1;+1. The van der Waals surface area contributed by atoms with Crippen LogP contribution in [-0.2, 0) is 0 Å². The van der Waals surface area contributed by atoms with Crippen molar-refractivity contribution in [1.29, 1.82) is 0 Å². The normalized spacial score (nSPS) is 10.3. The van der Waals surface area contributed by atoms with Gasteiger partial charge in [0.15, 0.2) is 0 Å². The number of thiophene rings is 1. The first-order chi connectivity index (χ1) is 6.45. The van der Waals surface area contributed by atoms with Gasteiger partial charge in [0.25, 0.3) is 0 Å². The van der Waals surface area contributed by atoms with Gasteiger partial charge in [-0.1, -0.05) is 28.3 Å². The van der Waals surface area contributed by atoms with Crippen molar-refractivity contribution in [2.24, 2.45) is 0 Å². The van der Waals surface area contributed by atoms with Gasteiger partial charge in [0.1, 0.15) is 0 Å². The van der Waals surface area contributed by atoms with E-state index in [1.165, 1.54) is 20.2 Å². The Morgan fingerprint density at radius 2 is 1.71 bits per heavy atom. The van der Waals surface area contributed by atoms with Gasteiger partial charge in [-0.05, 0) is 6.07 Å². The van der Waals surface area contributed by atoms with Crippen molar-refractivity contribution in [3.05, 3.63) is 48.5 Å². The first kappa shape index (κ1) is 9.80. The molecule has 0 N–H and O–H groups in total. The zero-order chi connectivity index (χ0) is 8.67. The summed E-state index contributed by atoms with van der Waals surface area (Å²) < 4.78 is 2.60. The Hall–Kier alpha value is -0.743. The number of rotatable bonds is 0. The molecule has 3 aromatic rings. The van der Waals surface area contributed by atoms with E-state index >= 15 is 0 Å². The minimum absolute atomic E-state index is 0. The third kappa shape index (κ3) is 1.38. The topological polar surface area (TPSA) is 0 Å². The Kier molecular flexibility index (Phi) is 2.65. The van der Waals surface area contributed by atoms with Gasteiger partial charge < -0.3 is 0 Å². The summed E-state index contributed by atoms with van der Waals surface area (Å²) >= 11 is 1.81. The Labute approximate surface area is 98.7 Å². The predicted molar refractivity (Wildman–Crippen MR) is 58.2 cm³/mol. The summed E-state index contributed by atoms with van der Waals surface area (Å²) in [4.78, 5) is 0. The van der Waals surface area contributed by atoms with Crippen molar-refractivity contribution in [3.63, 3.8) is 0 Å². The van der Waals surface area contributed by atoms with E-state index in [2.05, 4.69) is 36.4 Å². The summed E-state index contributed by atoms with van der Waals surface area (Å²) in [7, 11) is 0. The van der Waals surface area contributed by atoms with Crippen LogP contribution in [0.4, 0.5) is 0 Å². The molecule has 1 aromatic heterocycles. The molecule has 0 nitrogen and oxygen atoms in total. The fraction of sp³-hybridized carbons (Fsp3) is 0.